The van der Waals surface area contributed by atoms with Gasteiger partial charge in [-0.05, 0) is 50.7 Å². The van der Waals surface area contributed by atoms with Crippen molar-refractivity contribution < 1.29 is 51.6 Å². The minimum absolute atomic E-state index is 0.0301. The number of rotatable bonds is 35. The van der Waals surface area contributed by atoms with Gasteiger partial charge in [0.05, 0.1) is 33.9 Å². The number of ether oxygens (including phenoxy) is 3. The summed E-state index contributed by atoms with van der Waals surface area (Å²) in [5, 5.41) is 0. The number of epoxide rings is 1. The number of esters is 2. The molecule has 0 bridgehead atoms. The van der Waals surface area contributed by atoms with Gasteiger partial charge in [0.15, 0.2) is 11.9 Å². The Hall–Kier alpha value is -2.14. The molecule has 5 atom stereocenters. The van der Waals surface area contributed by atoms with Crippen molar-refractivity contribution in [1.82, 2.24) is 0 Å². The number of carbonyl (C=O) groups is 3. The fraction of sp³-hybridized carbons (Fsp3) is 0.795. The fourth-order valence-electron chi connectivity index (χ4n) is 6.58. The summed E-state index contributed by atoms with van der Waals surface area (Å²) in [6.45, 7) is 3.95. The van der Waals surface area contributed by atoms with Crippen molar-refractivity contribution in [2.24, 2.45) is 5.92 Å². The zero-order valence-corrected chi connectivity index (χ0v) is 36.5. The van der Waals surface area contributed by atoms with Gasteiger partial charge < -0.3 is 32.6 Å². The number of unbranched alkanes of at least 4 members (excludes halogenated alkanes) is 14. The van der Waals surface area contributed by atoms with Crippen LogP contribution in [0.5, 0.6) is 0 Å². The van der Waals surface area contributed by atoms with Crippen LogP contribution < -0.4 is 4.89 Å². The van der Waals surface area contributed by atoms with Crippen molar-refractivity contribution in [2.75, 3.05) is 47.5 Å². The third-order valence-electron chi connectivity index (χ3n) is 10.2. The molecule has 0 spiro atoms. The van der Waals surface area contributed by atoms with Crippen LogP contribution in [-0.2, 0) is 42.2 Å². The third-order valence-corrected chi connectivity index (χ3v) is 11.1. The first-order valence-corrected chi connectivity index (χ1v) is 23.3. The van der Waals surface area contributed by atoms with E-state index in [0.717, 1.165) is 44.1 Å². The number of phosphoric ester groups is 1. The molecule has 0 aromatic carbocycles. The molecule has 2 rings (SSSR count). The van der Waals surface area contributed by atoms with Crippen LogP contribution in [0.3, 0.4) is 0 Å². The smallest absolute Gasteiger partial charge is 0.306 e. The highest BCUT2D eigenvalue weighted by molar-refractivity contribution is 7.45. The van der Waals surface area contributed by atoms with E-state index < -0.39 is 32.5 Å². The number of quaternary nitrogens is 1. The number of phosphoric acid groups is 1. The van der Waals surface area contributed by atoms with E-state index in [1.54, 1.807) is 6.08 Å². The normalized spacial score (nSPS) is 20.5. The molecular formula is C44H76NO10P. The van der Waals surface area contributed by atoms with Crippen molar-refractivity contribution >= 4 is 25.5 Å². The Morgan fingerprint density at radius 2 is 1.41 bits per heavy atom. The van der Waals surface area contributed by atoms with Crippen LogP contribution in [-0.4, -0.2) is 88.0 Å². The Morgan fingerprint density at radius 3 is 2.05 bits per heavy atom. The maximum atomic E-state index is 12.8. The van der Waals surface area contributed by atoms with Gasteiger partial charge in [-0.2, -0.15) is 0 Å². The van der Waals surface area contributed by atoms with Gasteiger partial charge in [-0.15, -0.1) is 0 Å². The van der Waals surface area contributed by atoms with E-state index in [2.05, 4.69) is 26.0 Å². The van der Waals surface area contributed by atoms with Crippen LogP contribution in [0.2, 0.25) is 0 Å². The van der Waals surface area contributed by atoms with Gasteiger partial charge in [-0.1, -0.05) is 122 Å². The Morgan fingerprint density at radius 1 is 0.804 bits per heavy atom. The number of nitrogens with zero attached hydrogens (tertiary/aromatic N) is 1. The minimum atomic E-state index is -4.68. The summed E-state index contributed by atoms with van der Waals surface area (Å²) in [4.78, 5) is 50.3. The van der Waals surface area contributed by atoms with Crippen LogP contribution in [0.4, 0.5) is 0 Å². The molecule has 1 fully saturated rings. The van der Waals surface area contributed by atoms with Crippen LogP contribution in [0.1, 0.15) is 155 Å². The highest BCUT2D eigenvalue weighted by Gasteiger charge is 2.38. The van der Waals surface area contributed by atoms with Gasteiger partial charge in [0.25, 0.3) is 7.82 Å². The summed E-state index contributed by atoms with van der Waals surface area (Å²) in [7, 11) is 1.05. The molecular weight excluding hydrogens is 733 g/mol. The molecule has 2 aliphatic rings. The molecule has 56 heavy (non-hydrogen) atoms. The van der Waals surface area contributed by atoms with Crippen molar-refractivity contribution in [3.05, 3.63) is 36.0 Å². The molecule has 1 unspecified atom stereocenters. The Balaban J connectivity index is 1.74. The second kappa shape index (κ2) is 29.1. The lowest BCUT2D eigenvalue weighted by Crippen LogP contribution is -2.37. The molecule has 12 heteroatoms. The minimum Gasteiger partial charge on any atom is -0.756 e. The number of carbonyl (C=O) groups excluding carboxylic acids is 3. The van der Waals surface area contributed by atoms with Crippen molar-refractivity contribution in [2.45, 2.75) is 173 Å². The second-order valence-electron chi connectivity index (χ2n) is 16.6. The maximum Gasteiger partial charge on any atom is 0.306 e. The van der Waals surface area contributed by atoms with Crippen molar-refractivity contribution in [1.29, 1.82) is 0 Å². The summed E-state index contributed by atoms with van der Waals surface area (Å²) in [5.74, 6) is -0.863. The molecule has 0 N–H and O–H groups in total. The Kier molecular flexibility index (Phi) is 26.0. The van der Waals surface area contributed by atoms with Crippen LogP contribution >= 0.6 is 7.82 Å². The van der Waals surface area contributed by atoms with Crippen LogP contribution in [0.25, 0.3) is 0 Å². The zero-order valence-electron chi connectivity index (χ0n) is 35.6. The number of likely N-dealkylation sites (N-methyl/N-ethyl adjacent to an activating group) is 1. The largest absolute Gasteiger partial charge is 0.756 e. The van der Waals surface area contributed by atoms with Crippen molar-refractivity contribution in [3.63, 3.8) is 0 Å². The molecule has 1 aliphatic carbocycles. The highest BCUT2D eigenvalue weighted by atomic mass is 31.2. The van der Waals surface area contributed by atoms with E-state index in [9.17, 15) is 23.8 Å². The van der Waals surface area contributed by atoms with Gasteiger partial charge in [0, 0.05) is 24.3 Å². The lowest BCUT2D eigenvalue weighted by molar-refractivity contribution is -0.870. The molecule has 1 heterocycles. The second-order valence-corrected chi connectivity index (χ2v) is 18.0. The van der Waals surface area contributed by atoms with E-state index in [1.165, 1.54) is 70.6 Å². The number of hydrogen-bond donors (Lipinski definition) is 0. The monoisotopic (exact) mass is 810 g/mol. The van der Waals surface area contributed by atoms with E-state index in [4.69, 9.17) is 23.3 Å². The van der Waals surface area contributed by atoms with Crippen molar-refractivity contribution in [3.8, 4) is 0 Å². The molecule has 0 radical (unpaired) electrons. The highest BCUT2D eigenvalue weighted by Crippen LogP contribution is 2.38. The van der Waals surface area contributed by atoms with E-state index in [1.807, 2.05) is 33.3 Å². The summed E-state index contributed by atoms with van der Waals surface area (Å²) in [5.41, 5.74) is 0.780. The first kappa shape index (κ1) is 50.0. The topological polar surface area (TPSA) is 141 Å². The standard InChI is InChI=1S/C44H76NO10P/c1-6-8-10-12-14-15-16-17-18-19-20-22-24-28-43(47)51-35-38(36-53-56(49,50)52-33-32-45(3,4)5)54-44(48)29-25-27-41-42(55-41)34-39-37(30-31-40(39)46)26-23-21-13-11-9-7-2/h13,21,30-31,34,37-38,41-42H,6-12,14-20,22-29,32-33,35-36H2,1-5H3/b21-13-,39-34+/t37-,38+,41+,42-/m0/s1. The van der Waals surface area contributed by atoms with Crippen LogP contribution in [0.15, 0.2) is 36.0 Å². The summed E-state index contributed by atoms with van der Waals surface area (Å²) < 4.78 is 39.7. The lowest BCUT2D eigenvalue weighted by Gasteiger charge is -2.28. The Bertz CT molecular complexity index is 1260. The van der Waals surface area contributed by atoms with Crippen LogP contribution in [0, 0.1) is 5.92 Å². The van der Waals surface area contributed by atoms with Gasteiger partial charge in [0.1, 0.15) is 25.9 Å². The average Bonchev–Trinajstić information content (AvgIpc) is 3.80. The molecule has 11 nitrogen and oxygen atoms in total. The third kappa shape index (κ3) is 25.3. The average molecular weight is 810 g/mol. The molecule has 0 aromatic rings. The molecule has 1 saturated heterocycles. The number of ketones is 1. The van der Waals surface area contributed by atoms with E-state index in [0.29, 0.717) is 30.3 Å². The molecule has 0 aromatic heterocycles. The van der Waals surface area contributed by atoms with E-state index in [-0.39, 0.29) is 50.0 Å². The van der Waals surface area contributed by atoms with Gasteiger partial charge in [-0.3, -0.25) is 18.9 Å². The molecule has 322 valence electrons. The molecule has 0 saturated carbocycles. The van der Waals surface area contributed by atoms with Gasteiger partial charge in [0.2, 0.25) is 0 Å². The first-order chi connectivity index (χ1) is 26.8. The summed E-state index contributed by atoms with van der Waals surface area (Å²) >= 11 is 0. The van der Waals surface area contributed by atoms with Gasteiger partial charge in [-0.25, -0.2) is 0 Å². The molecule has 1 aliphatic heterocycles. The fourth-order valence-corrected chi connectivity index (χ4v) is 7.31. The quantitative estimate of drug-likeness (QED) is 0.0116. The SMILES string of the molecule is CCCC/C=C\CC[C@H]1C=CC(=O)/C1=C/[C@@H]1O[C@@H]1CCCC(=O)O[C@H](COC(=O)CCCCCCCCCCCCCCC)COP(=O)([O-])OCC[N+](C)(C)C. The maximum absolute atomic E-state index is 12.8. The predicted molar refractivity (Wildman–Crippen MR) is 220 cm³/mol. The lowest BCUT2D eigenvalue weighted by atomic mass is 9.95. The Labute approximate surface area is 339 Å². The predicted octanol–water partition coefficient (Wildman–Crippen LogP) is 9.28. The zero-order chi connectivity index (χ0) is 41.1. The van der Waals surface area contributed by atoms with E-state index >= 15 is 0 Å². The summed E-state index contributed by atoms with van der Waals surface area (Å²) in [6.07, 6.45) is 30.9. The summed E-state index contributed by atoms with van der Waals surface area (Å²) in [6, 6.07) is 0. The first-order valence-electron chi connectivity index (χ1n) is 21.8. The molecule has 0 amide bonds. The number of hydrogen-bond acceptors (Lipinski definition) is 10. The number of allylic oxidation sites excluding steroid dienone is 5. The van der Waals surface area contributed by atoms with Gasteiger partial charge >= 0.3 is 11.9 Å².